The van der Waals surface area contributed by atoms with Crippen LogP contribution in [0, 0.1) is 12.8 Å². The second-order valence-electron chi connectivity index (χ2n) is 3.91. The summed E-state index contributed by atoms with van der Waals surface area (Å²) in [4.78, 5) is 12.1. The fourth-order valence-corrected chi connectivity index (χ4v) is 2.04. The van der Waals surface area contributed by atoms with Gasteiger partial charge in [-0.05, 0) is 24.5 Å². The van der Waals surface area contributed by atoms with Crippen molar-refractivity contribution in [1.29, 1.82) is 0 Å². The summed E-state index contributed by atoms with van der Waals surface area (Å²) in [7, 11) is 0. The highest BCUT2D eigenvalue weighted by Crippen LogP contribution is 2.22. The molecule has 0 saturated heterocycles. The summed E-state index contributed by atoms with van der Waals surface area (Å²) in [6.45, 7) is 7.31. The molecule has 0 aliphatic heterocycles. The van der Waals surface area contributed by atoms with E-state index in [0.717, 1.165) is 10.4 Å². The molecular weight excluding hydrogens is 212 g/mol. The summed E-state index contributed by atoms with van der Waals surface area (Å²) in [5.41, 5.74) is 0.984. The lowest BCUT2D eigenvalue weighted by Gasteiger charge is -2.05. The quantitative estimate of drug-likeness (QED) is 0.842. The lowest BCUT2D eigenvalue weighted by Crippen LogP contribution is -2.01. The van der Waals surface area contributed by atoms with E-state index < -0.39 is 5.97 Å². The van der Waals surface area contributed by atoms with E-state index in [0.29, 0.717) is 24.0 Å². The van der Waals surface area contributed by atoms with Gasteiger partial charge in [-0.3, -0.25) is 0 Å². The molecule has 3 nitrogen and oxygen atoms in total. The minimum atomic E-state index is -0.863. The van der Waals surface area contributed by atoms with Crippen molar-refractivity contribution in [3.8, 4) is 0 Å². The molecule has 1 rings (SSSR count). The van der Waals surface area contributed by atoms with Crippen LogP contribution in [-0.2, 0) is 11.3 Å². The van der Waals surface area contributed by atoms with Crippen LogP contribution in [0.2, 0.25) is 0 Å². The molecule has 1 heterocycles. The second-order valence-corrected chi connectivity index (χ2v) is 5.16. The van der Waals surface area contributed by atoms with Gasteiger partial charge < -0.3 is 9.84 Å². The molecule has 15 heavy (non-hydrogen) atoms. The summed E-state index contributed by atoms with van der Waals surface area (Å²) in [6.07, 6.45) is 0. The molecule has 1 aromatic rings. The van der Waals surface area contributed by atoms with Gasteiger partial charge in [-0.1, -0.05) is 13.8 Å². The molecule has 0 fully saturated rings. The molecule has 0 radical (unpaired) electrons. The molecule has 0 amide bonds. The van der Waals surface area contributed by atoms with Gasteiger partial charge in [0.15, 0.2) is 0 Å². The van der Waals surface area contributed by atoms with Crippen LogP contribution in [0.25, 0.3) is 0 Å². The summed E-state index contributed by atoms with van der Waals surface area (Å²) in [5, 5.41) is 8.81. The Morgan fingerprint density at radius 1 is 1.60 bits per heavy atom. The van der Waals surface area contributed by atoms with E-state index in [4.69, 9.17) is 9.84 Å². The molecule has 0 atom stereocenters. The Labute approximate surface area is 93.7 Å². The van der Waals surface area contributed by atoms with E-state index in [-0.39, 0.29) is 0 Å². The van der Waals surface area contributed by atoms with Crippen LogP contribution >= 0.6 is 11.3 Å². The van der Waals surface area contributed by atoms with Gasteiger partial charge in [-0.2, -0.15) is 0 Å². The van der Waals surface area contributed by atoms with E-state index in [9.17, 15) is 4.79 Å². The Kier molecular flexibility index (Phi) is 4.29. The maximum Gasteiger partial charge on any atom is 0.345 e. The zero-order chi connectivity index (χ0) is 11.4. The third-order valence-electron chi connectivity index (χ3n) is 1.94. The first kappa shape index (κ1) is 12.2. The molecule has 1 aromatic heterocycles. The summed E-state index contributed by atoms with van der Waals surface area (Å²) >= 11 is 1.30. The largest absolute Gasteiger partial charge is 0.477 e. The molecule has 4 heteroatoms. The van der Waals surface area contributed by atoms with E-state index in [1.54, 1.807) is 6.07 Å². The van der Waals surface area contributed by atoms with Gasteiger partial charge in [0.2, 0.25) is 0 Å². The first-order valence-corrected chi connectivity index (χ1v) is 5.72. The predicted molar refractivity (Wildman–Crippen MR) is 60.5 cm³/mol. The van der Waals surface area contributed by atoms with Crippen LogP contribution in [0.4, 0.5) is 0 Å². The highest BCUT2D eigenvalue weighted by molar-refractivity contribution is 7.14. The van der Waals surface area contributed by atoms with Crippen molar-refractivity contribution in [2.75, 3.05) is 6.61 Å². The molecule has 0 aromatic carbocycles. The van der Waals surface area contributed by atoms with Crippen LogP contribution in [0.3, 0.4) is 0 Å². The molecular formula is C11H16O3S. The first-order chi connectivity index (χ1) is 7.00. The second kappa shape index (κ2) is 5.28. The smallest absolute Gasteiger partial charge is 0.345 e. The lowest BCUT2D eigenvalue weighted by molar-refractivity contribution is 0.0701. The highest BCUT2D eigenvalue weighted by atomic mass is 32.1. The number of hydrogen-bond donors (Lipinski definition) is 1. The summed E-state index contributed by atoms with van der Waals surface area (Å²) < 4.78 is 5.47. The zero-order valence-electron chi connectivity index (χ0n) is 9.24. The number of carboxylic acids is 1. The number of ether oxygens (including phenoxy) is 1. The van der Waals surface area contributed by atoms with Crippen molar-refractivity contribution in [3.05, 3.63) is 21.4 Å². The van der Waals surface area contributed by atoms with Crippen LogP contribution in [0.5, 0.6) is 0 Å². The van der Waals surface area contributed by atoms with Crippen LogP contribution in [-0.4, -0.2) is 17.7 Å². The number of carboxylic acid groups (broad SMARTS) is 1. The monoisotopic (exact) mass is 228 g/mol. The number of thiophene rings is 1. The fraction of sp³-hybridized carbons (Fsp3) is 0.545. The molecule has 0 unspecified atom stereocenters. The summed E-state index contributed by atoms with van der Waals surface area (Å²) in [6, 6.07) is 1.70. The molecule has 1 N–H and O–H groups in total. The van der Waals surface area contributed by atoms with Gasteiger partial charge in [0, 0.05) is 11.5 Å². The fourth-order valence-electron chi connectivity index (χ4n) is 1.17. The highest BCUT2D eigenvalue weighted by Gasteiger charge is 2.10. The van der Waals surface area contributed by atoms with Gasteiger partial charge in [-0.25, -0.2) is 4.79 Å². The van der Waals surface area contributed by atoms with Crippen LogP contribution in [0.1, 0.15) is 34.0 Å². The van der Waals surface area contributed by atoms with Gasteiger partial charge in [0.1, 0.15) is 4.88 Å². The van der Waals surface area contributed by atoms with Crippen LogP contribution < -0.4 is 0 Å². The van der Waals surface area contributed by atoms with E-state index in [1.807, 2.05) is 6.92 Å². The van der Waals surface area contributed by atoms with Crippen molar-refractivity contribution < 1.29 is 14.6 Å². The number of aromatic carboxylic acids is 1. The first-order valence-electron chi connectivity index (χ1n) is 4.91. The van der Waals surface area contributed by atoms with Crippen molar-refractivity contribution >= 4 is 17.3 Å². The topological polar surface area (TPSA) is 46.5 Å². The predicted octanol–water partition coefficient (Wildman–Crippen LogP) is 2.93. The standard InChI is InChI=1S/C11H16O3S/c1-7(2)5-14-6-9-4-10(11(12)13)15-8(9)3/h4,7H,5-6H2,1-3H3,(H,12,13). The number of hydrogen-bond acceptors (Lipinski definition) is 3. The average molecular weight is 228 g/mol. The van der Waals surface area contributed by atoms with Crippen LogP contribution in [0.15, 0.2) is 6.07 Å². The van der Waals surface area contributed by atoms with Crippen molar-refractivity contribution in [1.82, 2.24) is 0 Å². The minimum Gasteiger partial charge on any atom is -0.477 e. The lowest BCUT2D eigenvalue weighted by atomic mass is 10.2. The Hall–Kier alpha value is -0.870. The van der Waals surface area contributed by atoms with Crippen molar-refractivity contribution in [3.63, 3.8) is 0 Å². The zero-order valence-corrected chi connectivity index (χ0v) is 10.1. The SMILES string of the molecule is Cc1sc(C(=O)O)cc1COCC(C)C. The average Bonchev–Trinajstić information content (AvgIpc) is 2.47. The van der Waals surface area contributed by atoms with E-state index in [2.05, 4.69) is 13.8 Å². The van der Waals surface area contributed by atoms with Crippen molar-refractivity contribution in [2.45, 2.75) is 27.4 Å². The van der Waals surface area contributed by atoms with Gasteiger partial charge in [0.25, 0.3) is 0 Å². The molecule has 0 aliphatic carbocycles. The van der Waals surface area contributed by atoms with Gasteiger partial charge >= 0.3 is 5.97 Å². The number of carbonyl (C=O) groups is 1. The third kappa shape index (κ3) is 3.64. The Bertz CT molecular complexity index is 342. The number of rotatable bonds is 5. The van der Waals surface area contributed by atoms with Gasteiger partial charge in [0.05, 0.1) is 6.61 Å². The normalized spacial score (nSPS) is 10.9. The van der Waals surface area contributed by atoms with E-state index >= 15 is 0 Å². The minimum absolute atomic E-state index is 0.385. The Morgan fingerprint density at radius 3 is 2.73 bits per heavy atom. The molecule has 0 saturated carbocycles. The summed E-state index contributed by atoms with van der Waals surface area (Å²) in [5.74, 6) is -0.360. The Balaban J connectivity index is 2.57. The Morgan fingerprint density at radius 2 is 2.27 bits per heavy atom. The van der Waals surface area contributed by atoms with Gasteiger partial charge in [-0.15, -0.1) is 11.3 Å². The number of aryl methyl sites for hydroxylation is 1. The molecule has 84 valence electrons. The maximum atomic E-state index is 10.7. The van der Waals surface area contributed by atoms with Crippen molar-refractivity contribution in [2.24, 2.45) is 5.92 Å². The molecule has 0 aliphatic rings. The third-order valence-corrected chi connectivity index (χ3v) is 3.02. The van der Waals surface area contributed by atoms with E-state index in [1.165, 1.54) is 11.3 Å². The molecule has 0 spiro atoms. The maximum absolute atomic E-state index is 10.7. The molecule has 0 bridgehead atoms.